The molecule has 0 fully saturated rings. The second kappa shape index (κ2) is 5.29. The quantitative estimate of drug-likeness (QED) is 0.644. The highest BCUT2D eigenvalue weighted by atomic mass is 32.1. The number of hydrogen-bond donors (Lipinski definition) is 3. The first-order valence-corrected chi connectivity index (χ1v) is 6.77. The fourth-order valence-corrected chi connectivity index (χ4v) is 2.38. The Morgan fingerprint density at radius 1 is 1.33 bits per heavy atom. The van der Waals surface area contributed by atoms with Crippen molar-refractivity contribution < 1.29 is 9.90 Å². The van der Waals surface area contributed by atoms with Gasteiger partial charge in [-0.3, -0.25) is 4.79 Å². The topological polar surface area (TPSA) is 116 Å². The van der Waals surface area contributed by atoms with Gasteiger partial charge in [-0.05, 0) is 6.07 Å². The van der Waals surface area contributed by atoms with Crippen LogP contribution in [0, 0.1) is 0 Å². The number of hydrogen-bond acceptors (Lipinski definition) is 7. The second-order valence-electron chi connectivity index (χ2n) is 4.14. The summed E-state index contributed by atoms with van der Waals surface area (Å²) in [5, 5.41) is 29.2. The number of nitrogens with zero attached hydrogens (tertiary/aromatic N) is 4. The zero-order valence-corrected chi connectivity index (χ0v) is 11.7. The molecule has 0 radical (unpaired) electrons. The molecule has 8 nitrogen and oxygen atoms in total. The van der Waals surface area contributed by atoms with Gasteiger partial charge < -0.3 is 15.4 Å². The summed E-state index contributed by atoms with van der Waals surface area (Å²) in [7, 11) is 0. The van der Waals surface area contributed by atoms with Gasteiger partial charge in [0, 0.05) is 12.3 Å². The average molecular weight is 302 g/mol. The molecule has 0 saturated heterocycles. The number of aromatic nitrogens is 3. The van der Waals surface area contributed by atoms with Gasteiger partial charge in [-0.2, -0.15) is 0 Å². The molecule has 2 heterocycles. The summed E-state index contributed by atoms with van der Waals surface area (Å²) < 4.78 is 0. The van der Waals surface area contributed by atoms with Crippen LogP contribution in [0.25, 0.3) is 10.9 Å². The molecule has 3 N–H and O–H groups in total. The first kappa shape index (κ1) is 13.2. The van der Waals surface area contributed by atoms with Gasteiger partial charge in [-0.15, -0.1) is 20.4 Å². The Bertz CT molecular complexity index is 837. The van der Waals surface area contributed by atoms with E-state index in [-0.39, 0.29) is 16.9 Å². The van der Waals surface area contributed by atoms with Crippen molar-refractivity contribution in [2.75, 3.05) is 5.32 Å². The summed E-state index contributed by atoms with van der Waals surface area (Å²) in [4.78, 5) is 13.7. The van der Waals surface area contributed by atoms with Crippen LogP contribution in [0.1, 0.15) is 6.92 Å². The van der Waals surface area contributed by atoms with Crippen molar-refractivity contribution in [1.29, 1.82) is 0 Å². The third-order valence-electron chi connectivity index (χ3n) is 2.59. The maximum atomic E-state index is 10.9. The lowest BCUT2D eigenvalue weighted by Gasteiger charge is -1.90. The molecule has 3 rings (SSSR count). The Hall–Kier alpha value is -2.81. The second-order valence-corrected chi connectivity index (χ2v) is 5.09. The molecule has 0 aliphatic carbocycles. The Labute approximate surface area is 122 Å². The van der Waals surface area contributed by atoms with Crippen molar-refractivity contribution in [3.8, 4) is 5.88 Å². The Morgan fingerprint density at radius 2 is 2.14 bits per heavy atom. The van der Waals surface area contributed by atoms with Crippen molar-refractivity contribution in [2.45, 2.75) is 6.92 Å². The number of carbonyl (C=O) groups is 1. The molecule has 106 valence electrons. The maximum Gasteiger partial charge on any atom is 0.253 e. The van der Waals surface area contributed by atoms with E-state index in [9.17, 15) is 9.90 Å². The molecule has 0 aliphatic heterocycles. The van der Waals surface area contributed by atoms with E-state index in [1.54, 1.807) is 0 Å². The van der Waals surface area contributed by atoms with Gasteiger partial charge >= 0.3 is 0 Å². The lowest BCUT2D eigenvalue weighted by molar-refractivity contribution is -0.114. The molecule has 0 spiro atoms. The van der Waals surface area contributed by atoms with Crippen LogP contribution in [0.3, 0.4) is 0 Å². The highest BCUT2D eigenvalue weighted by molar-refractivity contribution is 7.18. The fraction of sp³-hybridized carbons (Fsp3) is 0.0833. The third-order valence-corrected chi connectivity index (χ3v) is 3.32. The normalized spacial score (nSPS) is 11.3. The number of H-pyrrole nitrogens is 1. The van der Waals surface area contributed by atoms with Gasteiger partial charge in [0.1, 0.15) is 0 Å². The number of carbonyl (C=O) groups excluding carboxylic acids is 1. The van der Waals surface area contributed by atoms with Crippen LogP contribution in [0.4, 0.5) is 16.0 Å². The van der Waals surface area contributed by atoms with Crippen molar-refractivity contribution in [2.24, 2.45) is 10.2 Å². The molecule has 1 aromatic carbocycles. The third kappa shape index (κ3) is 2.72. The summed E-state index contributed by atoms with van der Waals surface area (Å²) >= 11 is 1.09. The number of aromatic hydroxyl groups is 1. The molecular formula is C12H10N6O2S. The van der Waals surface area contributed by atoms with Gasteiger partial charge in [0.15, 0.2) is 5.69 Å². The average Bonchev–Trinajstić information content (AvgIpc) is 2.99. The molecule has 0 bridgehead atoms. The largest absolute Gasteiger partial charge is 0.493 e. The summed E-state index contributed by atoms with van der Waals surface area (Å²) in [6.45, 7) is 1.38. The predicted molar refractivity (Wildman–Crippen MR) is 78.4 cm³/mol. The lowest BCUT2D eigenvalue weighted by atomic mass is 10.2. The SMILES string of the molecule is CC(=O)Nc1nnc(N=Nc2c(O)[nH]c3ccccc23)s1. The molecule has 0 atom stereocenters. The lowest BCUT2D eigenvalue weighted by Crippen LogP contribution is -2.04. The molecule has 0 unspecified atom stereocenters. The van der Waals surface area contributed by atoms with E-state index in [1.807, 2.05) is 24.3 Å². The van der Waals surface area contributed by atoms with Crippen LogP contribution in [-0.4, -0.2) is 26.2 Å². The molecule has 21 heavy (non-hydrogen) atoms. The van der Waals surface area contributed by atoms with Gasteiger partial charge in [0.05, 0.1) is 5.52 Å². The zero-order chi connectivity index (χ0) is 14.8. The molecule has 3 aromatic rings. The number of para-hydroxylation sites is 1. The number of fused-ring (bicyclic) bond motifs is 1. The van der Waals surface area contributed by atoms with Crippen LogP contribution < -0.4 is 5.32 Å². The van der Waals surface area contributed by atoms with Crippen LogP contribution in [0.5, 0.6) is 5.88 Å². The Kier molecular flexibility index (Phi) is 3.32. The van der Waals surface area contributed by atoms with E-state index in [2.05, 4.69) is 30.7 Å². The number of azo groups is 1. The number of aromatic amines is 1. The fourth-order valence-electron chi connectivity index (χ4n) is 1.76. The molecule has 0 saturated carbocycles. The smallest absolute Gasteiger partial charge is 0.253 e. The summed E-state index contributed by atoms with van der Waals surface area (Å²) in [5.41, 5.74) is 1.10. The monoisotopic (exact) mass is 302 g/mol. The Morgan fingerprint density at radius 3 is 2.95 bits per heavy atom. The minimum absolute atomic E-state index is 0.0634. The summed E-state index contributed by atoms with van der Waals surface area (Å²) in [6, 6.07) is 7.34. The van der Waals surface area contributed by atoms with Gasteiger partial charge in [-0.25, -0.2) is 0 Å². The first-order valence-electron chi connectivity index (χ1n) is 5.96. The van der Waals surface area contributed by atoms with Crippen molar-refractivity contribution in [3.63, 3.8) is 0 Å². The molecule has 9 heteroatoms. The first-order chi connectivity index (χ1) is 10.1. The number of nitrogens with one attached hydrogen (secondary N) is 2. The number of amides is 1. The van der Waals surface area contributed by atoms with Gasteiger partial charge in [0.2, 0.25) is 16.9 Å². The standard InChI is InChI=1S/C12H10N6O2S/c1-6(19)13-11-16-18-12(21-11)17-15-9-7-4-2-3-5-8(7)14-10(9)20/h2-5,14,20H,1H3,(H,13,16,19). The van der Waals surface area contributed by atoms with Crippen LogP contribution in [-0.2, 0) is 4.79 Å². The number of benzene rings is 1. The highest BCUT2D eigenvalue weighted by Gasteiger charge is 2.10. The van der Waals surface area contributed by atoms with E-state index < -0.39 is 0 Å². The van der Waals surface area contributed by atoms with Crippen LogP contribution in [0.15, 0.2) is 34.5 Å². The van der Waals surface area contributed by atoms with Crippen molar-refractivity contribution in [3.05, 3.63) is 24.3 Å². The molecule has 1 amide bonds. The minimum Gasteiger partial charge on any atom is -0.493 e. The van der Waals surface area contributed by atoms with Gasteiger partial charge in [-0.1, -0.05) is 29.5 Å². The van der Waals surface area contributed by atoms with Crippen molar-refractivity contribution >= 4 is 44.1 Å². The van der Waals surface area contributed by atoms with E-state index in [0.29, 0.717) is 10.8 Å². The summed E-state index contributed by atoms with van der Waals surface area (Å²) in [5.74, 6) is -0.296. The van der Waals surface area contributed by atoms with Crippen LogP contribution >= 0.6 is 11.3 Å². The molecule has 2 aromatic heterocycles. The van der Waals surface area contributed by atoms with E-state index in [0.717, 1.165) is 22.2 Å². The zero-order valence-electron chi connectivity index (χ0n) is 10.9. The van der Waals surface area contributed by atoms with E-state index >= 15 is 0 Å². The molecule has 0 aliphatic rings. The Balaban J connectivity index is 1.89. The number of anilines is 1. The predicted octanol–water partition coefficient (Wildman–Crippen LogP) is 3.10. The van der Waals surface area contributed by atoms with Crippen LogP contribution in [0.2, 0.25) is 0 Å². The molecular weight excluding hydrogens is 292 g/mol. The van der Waals surface area contributed by atoms with Gasteiger partial charge in [0.25, 0.3) is 5.13 Å². The maximum absolute atomic E-state index is 10.9. The van der Waals surface area contributed by atoms with E-state index in [1.165, 1.54) is 6.92 Å². The highest BCUT2D eigenvalue weighted by Crippen LogP contribution is 2.36. The summed E-state index contributed by atoms with van der Waals surface area (Å²) in [6.07, 6.45) is 0. The minimum atomic E-state index is -0.232. The van der Waals surface area contributed by atoms with E-state index in [4.69, 9.17) is 0 Å². The number of rotatable bonds is 3. The van der Waals surface area contributed by atoms with Crippen molar-refractivity contribution in [1.82, 2.24) is 15.2 Å².